The molecule has 0 aromatic heterocycles. The van der Waals surface area contributed by atoms with E-state index in [-0.39, 0.29) is 11.9 Å². The molecule has 1 unspecified atom stereocenters. The summed E-state index contributed by atoms with van der Waals surface area (Å²) in [6.45, 7) is 4.23. The SMILES string of the molecule is CC(N[C@@H]1C[C@H]1C)c1ccccc1F. The normalized spacial score (nSPS) is 27.4. The summed E-state index contributed by atoms with van der Waals surface area (Å²) < 4.78 is 13.4. The number of nitrogens with one attached hydrogen (secondary N) is 1. The van der Waals surface area contributed by atoms with E-state index in [1.807, 2.05) is 19.1 Å². The summed E-state index contributed by atoms with van der Waals surface area (Å²) in [6.07, 6.45) is 1.22. The highest BCUT2D eigenvalue weighted by atomic mass is 19.1. The molecule has 0 bridgehead atoms. The van der Waals surface area contributed by atoms with Crippen LogP contribution in [0.4, 0.5) is 4.39 Å². The molecule has 1 nitrogen and oxygen atoms in total. The fourth-order valence-electron chi connectivity index (χ4n) is 1.79. The predicted molar refractivity (Wildman–Crippen MR) is 55.5 cm³/mol. The van der Waals surface area contributed by atoms with Crippen LogP contribution >= 0.6 is 0 Å². The molecule has 0 aliphatic heterocycles. The lowest BCUT2D eigenvalue weighted by molar-refractivity contribution is 0.515. The highest BCUT2D eigenvalue weighted by molar-refractivity contribution is 5.21. The van der Waals surface area contributed by atoms with Crippen LogP contribution in [-0.2, 0) is 0 Å². The molecule has 76 valence electrons. The molecular weight excluding hydrogens is 177 g/mol. The summed E-state index contributed by atoms with van der Waals surface area (Å²) in [7, 11) is 0. The third kappa shape index (κ3) is 1.95. The van der Waals surface area contributed by atoms with Crippen molar-refractivity contribution in [2.45, 2.75) is 32.4 Å². The quantitative estimate of drug-likeness (QED) is 0.778. The Morgan fingerprint density at radius 2 is 2.07 bits per heavy atom. The lowest BCUT2D eigenvalue weighted by atomic mass is 10.1. The van der Waals surface area contributed by atoms with Gasteiger partial charge in [0.05, 0.1) is 0 Å². The summed E-state index contributed by atoms with van der Waals surface area (Å²) in [5.74, 6) is 0.644. The van der Waals surface area contributed by atoms with Crippen molar-refractivity contribution in [2.24, 2.45) is 5.92 Å². The van der Waals surface area contributed by atoms with E-state index < -0.39 is 0 Å². The van der Waals surface area contributed by atoms with Crippen molar-refractivity contribution in [2.75, 3.05) is 0 Å². The van der Waals surface area contributed by atoms with Crippen molar-refractivity contribution in [3.05, 3.63) is 35.6 Å². The first-order valence-corrected chi connectivity index (χ1v) is 5.19. The van der Waals surface area contributed by atoms with E-state index in [2.05, 4.69) is 12.2 Å². The van der Waals surface area contributed by atoms with Crippen LogP contribution in [0, 0.1) is 11.7 Å². The van der Waals surface area contributed by atoms with Crippen LogP contribution in [0.15, 0.2) is 24.3 Å². The monoisotopic (exact) mass is 193 g/mol. The summed E-state index contributed by atoms with van der Waals surface area (Å²) in [5, 5.41) is 3.42. The maximum absolute atomic E-state index is 13.4. The van der Waals surface area contributed by atoms with E-state index in [0.717, 1.165) is 11.5 Å². The lowest BCUT2D eigenvalue weighted by Gasteiger charge is -2.14. The summed E-state index contributed by atoms with van der Waals surface area (Å²) in [6, 6.07) is 7.68. The average molecular weight is 193 g/mol. The van der Waals surface area contributed by atoms with Crippen LogP contribution in [0.5, 0.6) is 0 Å². The smallest absolute Gasteiger partial charge is 0.127 e. The molecule has 1 aromatic rings. The Balaban J connectivity index is 2.03. The second-order valence-corrected chi connectivity index (χ2v) is 4.23. The zero-order valence-electron chi connectivity index (χ0n) is 8.63. The van der Waals surface area contributed by atoms with Gasteiger partial charge in [0.15, 0.2) is 0 Å². The van der Waals surface area contributed by atoms with Crippen LogP contribution in [0.25, 0.3) is 0 Å². The fourth-order valence-corrected chi connectivity index (χ4v) is 1.79. The molecule has 2 rings (SSSR count). The highest BCUT2D eigenvalue weighted by Crippen LogP contribution is 2.31. The van der Waals surface area contributed by atoms with E-state index in [4.69, 9.17) is 0 Å². The van der Waals surface area contributed by atoms with Gasteiger partial charge in [0.1, 0.15) is 5.82 Å². The first-order chi connectivity index (χ1) is 6.68. The topological polar surface area (TPSA) is 12.0 Å². The molecular formula is C12H16FN. The Morgan fingerprint density at radius 1 is 1.43 bits per heavy atom. The molecule has 3 atom stereocenters. The van der Waals surface area contributed by atoms with E-state index in [0.29, 0.717) is 6.04 Å². The largest absolute Gasteiger partial charge is 0.307 e. The molecule has 1 saturated carbocycles. The van der Waals surface area contributed by atoms with Gasteiger partial charge in [-0.05, 0) is 25.3 Å². The lowest BCUT2D eigenvalue weighted by Crippen LogP contribution is -2.22. The van der Waals surface area contributed by atoms with Gasteiger partial charge in [-0.1, -0.05) is 25.1 Å². The Bertz CT molecular complexity index is 324. The van der Waals surface area contributed by atoms with E-state index in [1.165, 1.54) is 12.5 Å². The Labute approximate surface area is 84.3 Å². The van der Waals surface area contributed by atoms with Crippen LogP contribution in [0.1, 0.15) is 31.9 Å². The van der Waals surface area contributed by atoms with E-state index in [1.54, 1.807) is 6.07 Å². The zero-order valence-corrected chi connectivity index (χ0v) is 8.63. The Kier molecular flexibility index (Phi) is 2.55. The van der Waals surface area contributed by atoms with Crippen molar-refractivity contribution < 1.29 is 4.39 Å². The second-order valence-electron chi connectivity index (χ2n) is 4.23. The Morgan fingerprint density at radius 3 is 2.64 bits per heavy atom. The van der Waals surface area contributed by atoms with Crippen molar-refractivity contribution in [3.8, 4) is 0 Å². The second kappa shape index (κ2) is 3.70. The van der Waals surface area contributed by atoms with Gasteiger partial charge in [-0.2, -0.15) is 0 Å². The maximum atomic E-state index is 13.4. The van der Waals surface area contributed by atoms with Crippen molar-refractivity contribution >= 4 is 0 Å². The van der Waals surface area contributed by atoms with Gasteiger partial charge < -0.3 is 5.32 Å². The zero-order chi connectivity index (χ0) is 10.1. The van der Waals surface area contributed by atoms with Crippen molar-refractivity contribution in [1.82, 2.24) is 5.32 Å². The standard InChI is InChI=1S/C12H16FN/c1-8-7-12(8)14-9(2)10-5-3-4-6-11(10)13/h3-6,8-9,12,14H,7H2,1-2H3/t8-,9?,12-/m1/s1. The van der Waals surface area contributed by atoms with Gasteiger partial charge in [0.2, 0.25) is 0 Å². The van der Waals surface area contributed by atoms with Crippen LogP contribution in [0.3, 0.4) is 0 Å². The maximum Gasteiger partial charge on any atom is 0.127 e. The van der Waals surface area contributed by atoms with Gasteiger partial charge in [-0.25, -0.2) is 4.39 Å². The number of benzene rings is 1. The number of halogens is 1. The van der Waals surface area contributed by atoms with Crippen molar-refractivity contribution in [3.63, 3.8) is 0 Å². The molecule has 1 N–H and O–H groups in total. The molecule has 2 heteroatoms. The minimum Gasteiger partial charge on any atom is -0.307 e. The first-order valence-electron chi connectivity index (χ1n) is 5.19. The molecule has 0 radical (unpaired) electrons. The number of hydrogen-bond acceptors (Lipinski definition) is 1. The first kappa shape index (κ1) is 9.66. The summed E-state index contributed by atoms with van der Waals surface area (Å²) in [4.78, 5) is 0. The van der Waals surface area contributed by atoms with Gasteiger partial charge in [-0.15, -0.1) is 0 Å². The average Bonchev–Trinajstić information content (AvgIpc) is 2.82. The van der Waals surface area contributed by atoms with Crippen LogP contribution in [0.2, 0.25) is 0 Å². The molecule has 0 saturated heterocycles. The number of rotatable bonds is 3. The third-order valence-electron chi connectivity index (χ3n) is 2.95. The minimum absolute atomic E-state index is 0.110. The van der Waals surface area contributed by atoms with Gasteiger partial charge >= 0.3 is 0 Å². The molecule has 14 heavy (non-hydrogen) atoms. The van der Waals surface area contributed by atoms with Gasteiger partial charge in [0.25, 0.3) is 0 Å². The third-order valence-corrected chi connectivity index (χ3v) is 2.95. The predicted octanol–water partition coefficient (Wildman–Crippen LogP) is 2.88. The van der Waals surface area contributed by atoms with Crippen LogP contribution < -0.4 is 5.32 Å². The molecule has 1 aromatic carbocycles. The molecule has 0 spiro atoms. The van der Waals surface area contributed by atoms with Crippen molar-refractivity contribution in [1.29, 1.82) is 0 Å². The Hall–Kier alpha value is -0.890. The molecule has 1 fully saturated rings. The van der Waals surface area contributed by atoms with E-state index in [9.17, 15) is 4.39 Å². The number of hydrogen-bond donors (Lipinski definition) is 1. The van der Waals surface area contributed by atoms with E-state index >= 15 is 0 Å². The minimum atomic E-state index is -0.110. The fraction of sp³-hybridized carbons (Fsp3) is 0.500. The van der Waals surface area contributed by atoms with Gasteiger partial charge in [-0.3, -0.25) is 0 Å². The highest BCUT2D eigenvalue weighted by Gasteiger charge is 2.33. The summed E-state index contributed by atoms with van der Waals surface area (Å²) in [5.41, 5.74) is 0.770. The summed E-state index contributed by atoms with van der Waals surface area (Å²) >= 11 is 0. The molecule has 0 amide bonds. The van der Waals surface area contributed by atoms with Crippen LogP contribution in [-0.4, -0.2) is 6.04 Å². The molecule has 1 aliphatic rings. The molecule has 1 aliphatic carbocycles. The van der Waals surface area contributed by atoms with Gasteiger partial charge in [0, 0.05) is 17.6 Å². The molecule has 0 heterocycles.